The van der Waals surface area contributed by atoms with Crippen LogP contribution in [0.2, 0.25) is 0 Å². The zero-order valence-electron chi connectivity index (χ0n) is 18.8. The van der Waals surface area contributed by atoms with Crippen molar-refractivity contribution < 1.29 is 50.4 Å². The molecule has 0 spiro atoms. The SMILES string of the molecule is CCCC(I)O[C@@H]1C(CO)O[C@@H](OC(CC)[I-]c2ccc(C=O)c3ccccc23)C(N)C1O. The van der Waals surface area contributed by atoms with Crippen LogP contribution >= 0.6 is 22.6 Å². The fourth-order valence-corrected chi connectivity index (χ4v) is 7.58. The zero-order valence-corrected chi connectivity index (χ0v) is 23.1. The maximum atomic E-state index is 11.4. The first-order chi connectivity index (χ1) is 15.9. The van der Waals surface area contributed by atoms with E-state index < -0.39 is 51.8 Å². The Bertz CT molecular complexity index is 914. The van der Waals surface area contributed by atoms with Gasteiger partial charge in [0, 0.05) is 0 Å². The number of halogens is 2. The summed E-state index contributed by atoms with van der Waals surface area (Å²) in [6.07, 6.45) is 0.104. The van der Waals surface area contributed by atoms with Gasteiger partial charge in [0.2, 0.25) is 0 Å². The number of aliphatic hydroxyl groups is 2. The van der Waals surface area contributed by atoms with Crippen LogP contribution in [0.15, 0.2) is 36.4 Å². The van der Waals surface area contributed by atoms with Gasteiger partial charge in [0.15, 0.2) is 0 Å². The van der Waals surface area contributed by atoms with Crippen molar-refractivity contribution in [1.82, 2.24) is 0 Å². The van der Waals surface area contributed by atoms with Crippen LogP contribution in [0.4, 0.5) is 0 Å². The second-order valence-corrected chi connectivity index (χ2v) is 12.5. The molecule has 1 aliphatic rings. The predicted molar refractivity (Wildman–Crippen MR) is 131 cm³/mol. The number of fused-ring (bicyclic) bond motifs is 1. The van der Waals surface area contributed by atoms with Crippen molar-refractivity contribution >= 4 is 39.6 Å². The molecule has 184 valence electrons. The van der Waals surface area contributed by atoms with Gasteiger partial charge >= 0.3 is 220 Å². The normalized spacial score (nSPS) is 27.5. The van der Waals surface area contributed by atoms with E-state index in [-0.39, 0.29) is 14.8 Å². The summed E-state index contributed by atoms with van der Waals surface area (Å²) in [5, 5.41) is 22.7. The fourth-order valence-electron chi connectivity index (χ4n) is 3.80. The summed E-state index contributed by atoms with van der Waals surface area (Å²) in [6.45, 7) is 3.80. The molecule has 0 radical (unpaired) electrons. The van der Waals surface area contributed by atoms with E-state index in [0.29, 0.717) is 5.56 Å². The van der Waals surface area contributed by atoms with Gasteiger partial charge in [-0.25, -0.2) is 0 Å². The number of hydrogen-bond acceptors (Lipinski definition) is 7. The molecule has 2 aromatic rings. The Labute approximate surface area is 218 Å². The van der Waals surface area contributed by atoms with Gasteiger partial charge in [0.25, 0.3) is 0 Å². The van der Waals surface area contributed by atoms with Gasteiger partial charge in [-0.2, -0.15) is 0 Å². The third kappa shape index (κ3) is 6.63. The Balaban J connectivity index is 1.74. The molecule has 2 aromatic carbocycles. The summed E-state index contributed by atoms with van der Waals surface area (Å²) >= 11 is 1.56. The molecule has 0 saturated carbocycles. The average Bonchev–Trinajstić information content (AvgIpc) is 2.83. The van der Waals surface area contributed by atoms with Crippen LogP contribution in [0, 0.1) is 3.57 Å². The molecule has 1 fully saturated rings. The topological polar surface area (TPSA) is 111 Å². The number of carbonyl (C=O) groups is 1. The van der Waals surface area contributed by atoms with Crippen molar-refractivity contribution in [2.24, 2.45) is 5.73 Å². The minimum absolute atomic E-state index is 0.105. The molecule has 1 saturated heterocycles. The van der Waals surface area contributed by atoms with Gasteiger partial charge in [-0.15, -0.1) is 0 Å². The van der Waals surface area contributed by atoms with E-state index in [2.05, 4.69) is 29.5 Å². The van der Waals surface area contributed by atoms with Crippen LogP contribution in [-0.4, -0.2) is 62.0 Å². The summed E-state index contributed by atoms with van der Waals surface area (Å²) in [6, 6.07) is 10.9. The van der Waals surface area contributed by atoms with E-state index >= 15 is 0 Å². The second-order valence-electron chi connectivity index (χ2n) is 7.96. The summed E-state index contributed by atoms with van der Waals surface area (Å²) in [4.78, 5) is 11.4. The number of hydrogen-bond donors (Lipinski definition) is 3. The number of carbonyl (C=O) groups excluding carboxylic acids is 1. The Morgan fingerprint density at radius 1 is 1.21 bits per heavy atom. The molecular weight excluding hydrogens is 652 g/mol. The van der Waals surface area contributed by atoms with Crippen LogP contribution in [0.25, 0.3) is 10.8 Å². The number of benzene rings is 2. The maximum absolute atomic E-state index is 11.4. The second kappa shape index (κ2) is 13.1. The first-order valence-corrected chi connectivity index (χ1v) is 14.8. The first kappa shape index (κ1) is 27.2. The molecule has 7 nitrogen and oxygen atoms in total. The van der Waals surface area contributed by atoms with Gasteiger partial charge in [-0.1, -0.05) is 0 Å². The Morgan fingerprint density at radius 3 is 2.58 bits per heavy atom. The zero-order chi connectivity index (χ0) is 24.0. The van der Waals surface area contributed by atoms with Crippen molar-refractivity contribution in [3.63, 3.8) is 0 Å². The number of aliphatic hydroxyl groups excluding tert-OH is 2. The first-order valence-electron chi connectivity index (χ1n) is 11.2. The number of rotatable bonds is 11. The van der Waals surface area contributed by atoms with Crippen molar-refractivity contribution in [1.29, 1.82) is 0 Å². The number of alkyl halides is 2. The van der Waals surface area contributed by atoms with Crippen LogP contribution in [0.5, 0.6) is 0 Å². The molecule has 0 aliphatic carbocycles. The van der Waals surface area contributed by atoms with Gasteiger partial charge in [-0.05, 0) is 0 Å². The molecule has 0 amide bonds. The summed E-state index contributed by atoms with van der Waals surface area (Å²) in [5.41, 5.74) is 6.98. The predicted octanol–water partition coefficient (Wildman–Crippen LogP) is 0.0154. The summed E-state index contributed by atoms with van der Waals surface area (Å²) in [7, 11) is 0. The van der Waals surface area contributed by atoms with E-state index in [1.165, 1.54) is 3.57 Å². The molecule has 1 heterocycles. The van der Waals surface area contributed by atoms with Crippen molar-refractivity contribution in [2.45, 2.75) is 72.0 Å². The quantitative estimate of drug-likeness (QED) is 0.174. The average molecular weight is 684 g/mol. The molecule has 3 rings (SSSR count). The van der Waals surface area contributed by atoms with Crippen molar-refractivity contribution in [2.75, 3.05) is 6.61 Å². The molecule has 0 bridgehead atoms. The van der Waals surface area contributed by atoms with Crippen LogP contribution in [0.3, 0.4) is 0 Å². The number of aldehydes is 1. The number of nitrogens with two attached hydrogens (primary N) is 1. The Morgan fingerprint density at radius 2 is 1.94 bits per heavy atom. The molecule has 0 aromatic heterocycles. The van der Waals surface area contributed by atoms with Gasteiger partial charge < -0.3 is 0 Å². The van der Waals surface area contributed by atoms with Crippen LogP contribution in [0.1, 0.15) is 43.5 Å². The van der Waals surface area contributed by atoms with Gasteiger partial charge in [0.05, 0.1) is 0 Å². The summed E-state index contributed by atoms with van der Waals surface area (Å²) in [5.74, 6) is 0. The minimum atomic E-state index is -1.02. The molecule has 7 atom stereocenters. The van der Waals surface area contributed by atoms with Crippen molar-refractivity contribution in [3.8, 4) is 0 Å². The summed E-state index contributed by atoms with van der Waals surface area (Å²) < 4.78 is 19.2. The van der Waals surface area contributed by atoms with E-state index in [1.807, 2.05) is 43.3 Å². The van der Waals surface area contributed by atoms with Crippen LogP contribution < -0.4 is 26.9 Å². The molecule has 1 aliphatic heterocycles. The monoisotopic (exact) mass is 684 g/mol. The molecule has 4 N–H and O–H groups in total. The molecule has 9 heteroatoms. The Hall–Kier alpha value is -0.410. The van der Waals surface area contributed by atoms with E-state index in [0.717, 1.165) is 36.3 Å². The van der Waals surface area contributed by atoms with E-state index in [4.69, 9.17) is 19.9 Å². The van der Waals surface area contributed by atoms with E-state index in [9.17, 15) is 15.0 Å². The fraction of sp³-hybridized carbons (Fsp3) is 0.542. The molecule has 33 heavy (non-hydrogen) atoms. The van der Waals surface area contributed by atoms with Gasteiger partial charge in [-0.3, -0.25) is 0 Å². The third-order valence-electron chi connectivity index (χ3n) is 5.59. The van der Waals surface area contributed by atoms with E-state index in [1.54, 1.807) is 0 Å². The third-order valence-corrected chi connectivity index (χ3v) is 9.99. The van der Waals surface area contributed by atoms with Crippen molar-refractivity contribution in [3.05, 3.63) is 45.5 Å². The van der Waals surface area contributed by atoms with Gasteiger partial charge in [0.1, 0.15) is 0 Å². The van der Waals surface area contributed by atoms with Crippen LogP contribution in [-0.2, 0) is 14.2 Å². The number of ether oxygens (including phenoxy) is 3. The molecule has 5 unspecified atom stereocenters. The molecular formula is C24H32I2NO6-. The Kier molecular flexibility index (Phi) is 10.8. The standard InChI is InChI=1S/C24H32I2NO6/c1-3-7-19(25)32-23-18(13-29)31-24(21(27)22(23)30)33-20(4-2)26-17-11-10-14(12-28)15-8-5-6-9-16(15)17/h5-6,8-12,18-24,29-30H,3-4,7,13,27H2,1-2H3/q-1/t18?,19?,20?,21?,22?,23-,24+/m1/s1.